The van der Waals surface area contributed by atoms with Crippen molar-refractivity contribution in [2.45, 2.75) is 6.92 Å². The Hall–Kier alpha value is -4.91. The number of carbonyl (C=O) groups is 1. The molecule has 0 saturated carbocycles. The highest BCUT2D eigenvalue weighted by atomic mass is 35.5. The first-order chi connectivity index (χ1) is 16.7. The molecule has 13 nitrogen and oxygen atoms in total. The molecule has 0 unspecified atom stereocenters. The number of fused-ring (bicyclic) bond motifs is 1. The van der Waals surface area contributed by atoms with Crippen molar-refractivity contribution in [2.24, 2.45) is 5.10 Å². The number of hydrogen-bond donors (Lipinski definition) is 2. The topological polar surface area (TPSA) is 183 Å². The molecule has 0 aliphatic heterocycles. The van der Waals surface area contributed by atoms with Crippen LogP contribution in [0.25, 0.3) is 16.7 Å². The number of nitro groups is 2. The molecule has 4 aromatic rings. The van der Waals surface area contributed by atoms with E-state index in [1.54, 1.807) is 6.92 Å². The second-order valence-electron chi connectivity index (χ2n) is 7.12. The van der Waals surface area contributed by atoms with Crippen molar-refractivity contribution >= 4 is 46.1 Å². The summed E-state index contributed by atoms with van der Waals surface area (Å²) in [4.78, 5) is 33.3. The highest BCUT2D eigenvalue weighted by molar-refractivity contribution is 6.32. The first-order valence-electron chi connectivity index (χ1n) is 9.76. The lowest BCUT2D eigenvalue weighted by Gasteiger charge is -2.04. The summed E-state index contributed by atoms with van der Waals surface area (Å²) < 4.78 is 6.66. The molecule has 0 bridgehead atoms. The molecule has 2 aromatic carbocycles. The summed E-state index contributed by atoms with van der Waals surface area (Å²) in [7, 11) is 0. The minimum Gasteiger partial charge on any atom is -0.431 e. The van der Waals surface area contributed by atoms with E-state index in [4.69, 9.17) is 21.4 Å². The highest BCUT2D eigenvalue weighted by Gasteiger charge is 2.23. The van der Waals surface area contributed by atoms with Gasteiger partial charge in [-0.3, -0.25) is 30.4 Å². The van der Waals surface area contributed by atoms with Crippen LogP contribution in [0.3, 0.4) is 0 Å². The molecule has 0 fully saturated rings. The maximum Gasteiger partial charge on any atom is 0.319 e. The molecule has 35 heavy (non-hydrogen) atoms. The Kier molecular flexibility index (Phi) is 6.08. The van der Waals surface area contributed by atoms with E-state index < -0.39 is 32.7 Å². The Morgan fingerprint density at radius 1 is 1.20 bits per heavy atom. The van der Waals surface area contributed by atoms with Gasteiger partial charge in [0.2, 0.25) is 11.1 Å². The van der Waals surface area contributed by atoms with E-state index in [0.717, 1.165) is 23.9 Å². The van der Waals surface area contributed by atoms with Gasteiger partial charge in [-0.05, 0) is 25.1 Å². The summed E-state index contributed by atoms with van der Waals surface area (Å²) in [5.41, 5.74) is 1.26. The number of halogens is 1. The van der Waals surface area contributed by atoms with E-state index in [0.29, 0.717) is 11.3 Å². The number of carbonyl (C=O) groups excluding carboxylic acids is 1. The predicted octanol–water partition coefficient (Wildman–Crippen LogP) is 3.64. The van der Waals surface area contributed by atoms with E-state index in [2.05, 4.69) is 15.6 Å². The third-order valence-corrected chi connectivity index (χ3v) is 5.26. The lowest BCUT2D eigenvalue weighted by molar-refractivity contribution is -0.393. The molecule has 14 heteroatoms. The number of hydrazone groups is 1. The fraction of sp³-hybridized carbons (Fsp3) is 0.0476. The number of aromatic nitrogens is 2. The van der Waals surface area contributed by atoms with E-state index in [1.807, 2.05) is 30.3 Å². The molecular weight excluding hydrogens is 482 g/mol. The molecule has 0 atom stereocenters. The van der Waals surface area contributed by atoms with Crippen LogP contribution in [0.15, 0.2) is 58.0 Å². The SMILES string of the molecule is Cc1nn(-c2ccccc2)c(Cl)c1C=NNC(=O)c1cc2cc([N+](=O)[O-])cc([N+](=O)[O-])c2oc1=N. The summed E-state index contributed by atoms with van der Waals surface area (Å²) in [6, 6.07) is 11.9. The molecule has 4 rings (SSSR count). The van der Waals surface area contributed by atoms with Gasteiger partial charge < -0.3 is 4.42 Å². The van der Waals surface area contributed by atoms with Crippen molar-refractivity contribution in [2.75, 3.05) is 0 Å². The number of para-hydroxylation sites is 1. The Bertz CT molecular complexity index is 1590. The first-order valence-corrected chi connectivity index (χ1v) is 10.1. The highest BCUT2D eigenvalue weighted by Crippen LogP contribution is 2.30. The number of aryl methyl sites for hydroxylation is 1. The van der Waals surface area contributed by atoms with Gasteiger partial charge in [0.1, 0.15) is 10.7 Å². The van der Waals surface area contributed by atoms with Crippen LogP contribution in [0.1, 0.15) is 21.6 Å². The molecule has 0 saturated heterocycles. The predicted molar refractivity (Wildman–Crippen MR) is 124 cm³/mol. The van der Waals surface area contributed by atoms with Gasteiger partial charge in [-0.2, -0.15) is 10.2 Å². The number of nitrogens with zero attached hydrogens (tertiary/aromatic N) is 5. The van der Waals surface area contributed by atoms with Crippen molar-refractivity contribution < 1.29 is 19.1 Å². The minimum atomic E-state index is -0.879. The second-order valence-corrected chi connectivity index (χ2v) is 7.48. The lowest BCUT2D eigenvalue weighted by atomic mass is 10.1. The van der Waals surface area contributed by atoms with Gasteiger partial charge >= 0.3 is 5.69 Å². The molecule has 0 aliphatic carbocycles. The van der Waals surface area contributed by atoms with Gasteiger partial charge in [0.05, 0.1) is 39.1 Å². The third-order valence-electron chi connectivity index (χ3n) is 4.89. The van der Waals surface area contributed by atoms with Crippen LogP contribution in [0, 0.1) is 32.6 Å². The van der Waals surface area contributed by atoms with Crippen molar-refractivity contribution in [3.05, 3.63) is 96.3 Å². The van der Waals surface area contributed by atoms with Crippen molar-refractivity contribution in [1.82, 2.24) is 15.2 Å². The molecule has 2 aromatic heterocycles. The van der Waals surface area contributed by atoms with Crippen LogP contribution in [0.5, 0.6) is 0 Å². The maximum absolute atomic E-state index is 12.6. The van der Waals surface area contributed by atoms with Crippen LogP contribution in [-0.4, -0.2) is 31.7 Å². The fourth-order valence-electron chi connectivity index (χ4n) is 3.24. The van der Waals surface area contributed by atoms with Gasteiger partial charge in [-0.25, -0.2) is 10.1 Å². The van der Waals surface area contributed by atoms with Gasteiger partial charge in [-0.1, -0.05) is 29.8 Å². The Morgan fingerprint density at radius 3 is 2.57 bits per heavy atom. The van der Waals surface area contributed by atoms with Crippen LogP contribution >= 0.6 is 11.6 Å². The average Bonchev–Trinajstić information content (AvgIpc) is 3.11. The monoisotopic (exact) mass is 495 g/mol. The Morgan fingerprint density at radius 2 is 1.91 bits per heavy atom. The number of non-ortho nitro benzene ring substituents is 2. The average molecular weight is 496 g/mol. The smallest absolute Gasteiger partial charge is 0.319 e. The molecule has 2 N–H and O–H groups in total. The largest absolute Gasteiger partial charge is 0.431 e. The second kappa shape index (κ2) is 9.15. The van der Waals surface area contributed by atoms with Gasteiger partial charge in [0.15, 0.2) is 0 Å². The van der Waals surface area contributed by atoms with Crippen molar-refractivity contribution in [1.29, 1.82) is 5.41 Å². The zero-order valence-electron chi connectivity index (χ0n) is 17.8. The number of nitro benzene ring substituents is 2. The zero-order valence-corrected chi connectivity index (χ0v) is 18.5. The zero-order chi connectivity index (χ0) is 25.3. The van der Waals surface area contributed by atoms with Crippen molar-refractivity contribution in [3.63, 3.8) is 0 Å². The van der Waals surface area contributed by atoms with E-state index in [-0.39, 0.29) is 21.7 Å². The lowest BCUT2D eigenvalue weighted by Crippen LogP contribution is -2.24. The number of rotatable bonds is 6. The number of hydrogen-bond acceptors (Lipinski definition) is 9. The summed E-state index contributed by atoms with van der Waals surface area (Å²) in [6.45, 7) is 1.71. The number of amides is 1. The summed E-state index contributed by atoms with van der Waals surface area (Å²) in [5.74, 6) is -0.879. The normalized spacial score (nSPS) is 11.1. The molecular formula is C21H14ClN7O6. The summed E-state index contributed by atoms with van der Waals surface area (Å²) in [6.07, 6.45) is 1.28. The molecule has 2 heterocycles. The molecule has 0 spiro atoms. The minimum absolute atomic E-state index is 0.0981. The Balaban J connectivity index is 1.64. The fourth-order valence-corrected chi connectivity index (χ4v) is 3.56. The van der Waals surface area contributed by atoms with Gasteiger partial charge in [0.25, 0.3) is 11.6 Å². The van der Waals surface area contributed by atoms with Crippen LogP contribution in [0.4, 0.5) is 11.4 Å². The standard InChI is InChI=1S/C21H14ClN7O6/c1-11-16(19(22)27(26-11)13-5-3-2-4-6-13)10-24-25-21(30)15-8-12-7-14(28(31)32)9-17(29(33)34)18(12)35-20(15)23/h2-10,23H,1H3,(H,25,30). The molecule has 1 amide bonds. The summed E-state index contributed by atoms with van der Waals surface area (Å²) in [5, 5.41) is 38.7. The molecule has 0 aliphatic rings. The van der Waals surface area contributed by atoms with E-state index in [9.17, 15) is 25.0 Å². The number of benzene rings is 2. The Labute approximate surface area is 200 Å². The quantitative estimate of drug-likeness (QED) is 0.232. The molecule has 176 valence electrons. The van der Waals surface area contributed by atoms with Crippen molar-refractivity contribution in [3.8, 4) is 5.69 Å². The third kappa shape index (κ3) is 4.47. The maximum atomic E-state index is 12.6. The van der Waals surface area contributed by atoms with Gasteiger partial charge in [0, 0.05) is 11.5 Å². The van der Waals surface area contributed by atoms with Crippen LogP contribution in [-0.2, 0) is 0 Å². The number of nitrogens with one attached hydrogen (secondary N) is 2. The first kappa shape index (κ1) is 23.3. The van der Waals surface area contributed by atoms with Crippen LogP contribution in [0.2, 0.25) is 5.15 Å². The summed E-state index contributed by atoms with van der Waals surface area (Å²) >= 11 is 6.41. The van der Waals surface area contributed by atoms with Crippen LogP contribution < -0.4 is 11.0 Å². The van der Waals surface area contributed by atoms with E-state index in [1.165, 1.54) is 10.9 Å². The van der Waals surface area contributed by atoms with Gasteiger partial charge in [-0.15, -0.1) is 0 Å². The van der Waals surface area contributed by atoms with E-state index >= 15 is 0 Å². The molecule has 0 radical (unpaired) electrons.